The lowest BCUT2D eigenvalue weighted by atomic mass is 9.90. The Balaban J connectivity index is 1.85. The van der Waals surface area contributed by atoms with E-state index < -0.39 is 23.7 Å². The summed E-state index contributed by atoms with van der Waals surface area (Å²) in [4.78, 5) is 37.6. The Labute approximate surface area is 192 Å². The first-order chi connectivity index (χ1) is 15.1. The van der Waals surface area contributed by atoms with Gasteiger partial charge in [-0.25, -0.2) is 14.4 Å². The van der Waals surface area contributed by atoms with E-state index in [0.29, 0.717) is 29.1 Å². The molecule has 174 valence electrons. The maximum absolute atomic E-state index is 12.9. The molecule has 1 aromatic heterocycles. The first-order valence-electron chi connectivity index (χ1n) is 10.9. The molecule has 0 fully saturated rings. The number of carbonyl (C=O) groups is 2. The molecule has 0 bridgehead atoms. The summed E-state index contributed by atoms with van der Waals surface area (Å²) in [6.07, 6.45) is 5.24. The smallest absolute Gasteiger partial charge is 0.408 e. The second-order valence-corrected chi connectivity index (χ2v) is 10.0. The summed E-state index contributed by atoms with van der Waals surface area (Å²) in [6, 6.07) is 2.71. The summed E-state index contributed by atoms with van der Waals surface area (Å²) in [5.41, 5.74) is 1.83. The molecule has 0 aliphatic heterocycles. The van der Waals surface area contributed by atoms with Gasteiger partial charge in [0.2, 0.25) is 0 Å². The van der Waals surface area contributed by atoms with Gasteiger partial charge in [-0.3, -0.25) is 0 Å². The second-order valence-electron chi connectivity index (χ2n) is 9.02. The number of aryl methyl sites for hydroxylation is 2. The maximum Gasteiger partial charge on any atom is 0.408 e. The zero-order chi connectivity index (χ0) is 23.5. The fourth-order valence-corrected chi connectivity index (χ4v) is 4.32. The van der Waals surface area contributed by atoms with E-state index in [4.69, 9.17) is 13.9 Å². The number of amides is 1. The fourth-order valence-electron chi connectivity index (χ4n) is 3.85. The van der Waals surface area contributed by atoms with Gasteiger partial charge in [0.15, 0.2) is 0 Å². The van der Waals surface area contributed by atoms with Crippen LogP contribution in [0.15, 0.2) is 21.3 Å². The van der Waals surface area contributed by atoms with Crippen LogP contribution in [-0.2, 0) is 22.4 Å². The van der Waals surface area contributed by atoms with Gasteiger partial charge in [0.05, 0.1) is 0 Å². The number of ether oxygens (including phenoxy) is 2. The standard InChI is InChI=1S/C24H31NO6S/c1-14-19(11-10-16-15-8-6-7-9-17(15)21(26)30-20(14)16)29-22(27)18(12-13-32-5)25-23(28)31-24(2,3)4/h10-11,18H,6-9,12-13H2,1-5H3,(H,25,28). The Kier molecular flexibility index (Phi) is 7.54. The van der Waals surface area contributed by atoms with Crippen LogP contribution in [0.3, 0.4) is 0 Å². The predicted molar refractivity (Wildman–Crippen MR) is 126 cm³/mol. The normalized spacial score (nSPS) is 14.5. The minimum atomic E-state index is -0.858. The van der Waals surface area contributed by atoms with Crippen LogP contribution in [0.5, 0.6) is 5.75 Å². The number of benzene rings is 1. The number of fused-ring (bicyclic) bond motifs is 3. The highest BCUT2D eigenvalue weighted by Gasteiger charge is 2.27. The molecule has 7 nitrogen and oxygen atoms in total. The van der Waals surface area contributed by atoms with Gasteiger partial charge in [-0.2, -0.15) is 11.8 Å². The quantitative estimate of drug-likeness (QED) is 0.384. The van der Waals surface area contributed by atoms with Gasteiger partial charge in [0.1, 0.15) is 23.0 Å². The molecule has 8 heteroatoms. The van der Waals surface area contributed by atoms with Crippen LogP contribution in [0.2, 0.25) is 0 Å². The van der Waals surface area contributed by atoms with E-state index >= 15 is 0 Å². The van der Waals surface area contributed by atoms with Crippen molar-refractivity contribution in [3.63, 3.8) is 0 Å². The van der Waals surface area contributed by atoms with Crippen LogP contribution < -0.4 is 15.7 Å². The van der Waals surface area contributed by atoms with Gasteiger partial charge in [-0.05, 0) is 89.5 Å². The van der Waals surface area contributed by atoms with Crippen molar-refractivity contribution in [2.24, 2.45) is 0 Å². The zero-order valence-corrected chi connectivity index (χ0v) is 20.1. The number of alkyl carbamates (subject to hydrolysis) is 1. The Morgan fingerprint density at radius 1 is 1.19 bits per heavy atom. The molecule has 3 rings (SSSR count). The number of thioether (sulfide) groups is 1. The third-order valence-electron chi connectivity index (χ3n) is 5.39. The lowest BCUT2D eigenvalue weighted by Crippen LogP contribution is -2.45. The third-order valence-corrected chi connectivity index (χ3v) is 6.03. The topological polar surface area (TPSA) is 94.8 Å². The van der Waals surface area contributed by atoms with E-state index in [1.165, 1.54) is 0 Å². The molecular formula is C24H31NO6S. The average molecular weight is 462 g/mol. The van der Waals surface area contributed by atoms with Crippen LogP contribution in [0.4, 0.5) is 4.79 Å². The van der Waals surface area contributed by atoms with Crippen LogP contribution in [0, 0.1) is 6.92 Å². The number of hydrogen-bond acceptors (Lipinski definition) is 7. The van der Waals surface area contributed by atoms with Crippen LogP contribution in [0.25, 0.3) is 11.0 Å². The Hall–Kier alpha value is -2.48. The van der Waals surface area contributed by atoms with E-state index in [0.717, 1.165) is 42.2 Å². The summed E-state index contributed by atoms with van der Waals surface area (Å²) < 4.78 is 16.5. The number of nitrogens with one attached hydrogen (secondary N) is 1. The summed E-state index contributed by atoms with van der Waals surface area (Å²) in [5, 5.41) is 3.50. The summed E-state index contributed by atoms with van der Waals surface area (Å²) in [6.45, 7) is 7.04. The lowest BCUT2D eigenvalue weighted by Gasteiger charge is -2.23. The van der Waals surface area contributed by atoms with Gasteiger partial charge < -0.3 is 19.2 Å². The molecule has 2 aromatic rings. The Morgan fingerprint density at radius 2 is 1.88 bits per heavy atom. The molecule has 1 N–H and O–H groups in total. The van der Waals surface area contributed by atoms with Crippen molar-refractivity contribution < 1.29 is 23.5 Å². The summed E-state index contributed by atoms with van der Waals surface area (Å²) >= 11 is 1.56. The molecule has 1 aromatic carbocycles. The van der Waals surface area contributed by atoms with E-state index in [1.807, 2.05) is 12.3 Å². The lowest BCUT2D eigenvalue weighted by molar-refractivity contribution is -0.136. The molecule has 32 heavy (non-hydrogen) atoms. The molecule has 1 aliphatic carbocycles. The third kappa shape index (κ3) is 5.65. The SMILES string of the molecule is CSCCC(NC(=O)OC(C)(C)C)C(=O)Oc1ccc2c3c(c(=O)oc2c1C)CCCC3. The van der Waals surface area contributed by atoms with Crippen molar-refractivity contribution in [1.29, 1.82) is 0 Å². The minimum Gasteiger partial charge on any atom is -0.444 e. The highest BCUT2D eigenvalue weighted by atomic mass is 32.2. The molecule has 1 aliphatic rings. The number of esters is 1. The Morgan fingerprint density at radius 3 is 2.53 bits per heavy atom. The van der Waals surface area contributed by atoms with Crippen molar-refractivity contribution in [3.05, 3.63) is 39.2 Å². The maximum atomic E-state index is 12.9. The number of carbonyl (C=O) groups excluding carboxylic acids is 2. The van der Waals surface area contributed by atoms with Crippen molar-refractivity contribution >= 4 is 34.8 Å². The predicted octanol–water partition coefficient (Wildman–Crippen LogP) is 4.53. The molecule has 0 radical (unpaired) electrons. The van der Waals surface area contributed by atoms with Gasteiger partial charge in [0.25, 0.3) is 0 Å². The van der Waals surface area contributed by atoms with E-state index in [1.54, 1.807) is 45.5 Å². The molecule has 0 saturated carbocycles. The van der Waals surface area contributed by atoms with E-state index in [9.17, 15) is 14.4 Å². The second kappa shape index (κ2) is 9.98. The van der Waals surface area contributed by atoms with Crippen LogP contribution >= 0.6 is 11.8 Å². The number of hydrogen-bond donors (Lipinski definition) is 1. The fraction of sp³-hybridized carbons (Fsp3) is 0.542. The average Bonchev–Trinajstić information content (AvgIpc) is 2.72. The highest BCUT2D eigenvalue weighted by Crippen LogP contribution is 2.32. The number of rotatable bonds is 6. The first kappa shape index (κ1) is 24.2. The molecule has 0 spiro atoms. The summed E-state index contributed by atoms with van der Waals surface area (Å²) in [5.74, 6) is 0.377. The molecule has 1 atom stereocenters. The van der Waals surface area contributed by atoms with Gasteiger partial charge >= 0.3 is 17.7 Å². The Bertz CT molecular complexity index is 1070. The van der Waals surface area contributed by atoms with Crippen molar-refractivity contribution in [1.82, 2.24) is 5.32 Å². The van der Waals surface area contributed by atoms with Gasteiger partial charge in [-0.15, -0.1) is 0 Å². The van der Waals surface area contributed by atoms with Crippen molar-refractivity contribution in [2.75, 3.05) is 12.0 Å². The van der Waals surface area contributed by atoms with E-state index in [-0.39, 0.29) is 5.63 Å². The highest BCUT2D eigenvalue weighted by molar-refractivity contribution is 7.98. The van der Waals surface area contributed by atoms with Crippen LogP contribution in [0.1, 0.15) is 56.7 Å². The monoisotopic (exact) mass is 461 g/mol. The first-order valence-corrected chi connectivity index (χ1v) is 12.3. The molecule has 1 heterocycles. The van der Waals surface area contributed by atoms with Gasteiger partial charge in [0, 0.05) is 16.5 Å². The molecular weight excluding hydrogens is 430 g/mol. The van der Waals surface area contributed by atoms with Crippen molar-refractivity contribution in [3.8, 4) is 5.75 Å². The molecule has 0 saturated heterocycles. The van der Waals surface area contributed by atoms with E-state index in [2.05, 4.69) is 5.32 Å². The van der Waals surface area contributed by atoms with Crippen LogP contribution in [-0.4, -0.2) is 35.7 Å². The van der Waals surface area contributed by atoms with Crippen molar-refractivity contribution in [2.45, 2.75) is 71.4 Å². The summed E-state index contributed by atoms with van der Waals surface area (Å²) in [7, 11) is 0. The zero-order valence-electron chi connectivity index (χ0n) is 19.3. The molecule has 1 amide bonds. The minimum absolute atomic E-state index is 0.307. The largest absolute Gasteiger partial charge is 0.444 e. The molecule has 1 unspecified atom stereocenters. The van der Waals surface area contributed by atoms with Gasteiger partial charge in [-0.1, -0.05) is 0 Å².